The third-order valence-electron chi connectivity index (χ3n) is 4.58. The van der Waals surface area contributed by atoms with Crippen LogP contribution in [0, 0.1) is 5.41 Å². The molecule has 7 nitrogen and oxygen atoms in total. The maximum absolute atomic E-state index is 13.2. The molecule has 11 heteroatoms. The van der Waals surface area contributed by atoms with Gasteiger partial charge in [0.25, 0.3) is 0 Å². The third-order valence-corrected chi connectivity index (χ3v) is 5.99. The molecule has 1 aliphatic rings. The number of anilines is 1. The van der Waals surface area contributed by atoms with Crippen LogP contribution in [0.5, 0.6) is 0 Å². The minimum atomic E-state index is -6.05. The summed E-state index contributed by atoms with van der Waals surface area (Å²) in [6.07, 6.45) is -0.718. The van der Waals surface area contributed by atoms with Gasteiger partial charge in [-0.3, -0.25) is 4.79 Å². The number of nitrogens with zero attached hydrogens (tertiary/aromatic N) is 2. The predicted molar refractivity (Wildman–Crippen MR) is 99.3 cm³/mol. The van der Waals surface area contributed by atoms with E-state index >= 15 is 0 Å². The van der Waals surface area contributed by atoms with Crippen molar-refractivity contribution in [1.82, 2.24) is 4.90 Å². The number of ether oxygens (including phenoxy) is 1. The van der Waals surface area contributed by atoms with E-state index in [0.717, 1.165) is 6.07 Å². The van der Waals surface area contributed by atoms with Crippen molar-refractivity contribution in [2.75, 3.05) is 17.5 Å². The number of alkyl halides is 3. The van der Waals surface area contributed by atoms with Crippen LogP contribution in [0.4, 0.5) is 23.7 Å². The van der Waals surface area contributed by atoms with Gasteiger partial charge in [0.05, 0.1) is 12.3 Å². The van der Waals surface area contributed by atoms with Crippen LogP contribution in [0.15, 0.2) is 24.3 Å². The molecule has 0 N–H and O–H groups in total. The van der Waals surface area contributed by atoms with Crippen molar-refractivity contribution < 1.29 is 35.9 Å². The monoisotopic (exact) mass is 436 g/mol. The standard InChI is InChI=1S/C18H23F3N2O5S/c1-4-28-16(25)23(29(26,27)18(19,20)21)14-8-6-5-7-13(14)12-22-10-9-17(2,3)11-15(22)24/h5-8H,4,9-12H2,1-3H3. The first-order valence-electron chi connectivity index (χ1n) is 8.94. The van der Waals surface area contributed by atoms with Crippen LogP contribution in [0.1, 0.15) is 39.2 Å². The Hall–Kier alpha value is -2.30. The van der Waals surface area contributed by atoms with Gasteiger partial charge in [0.1, 0.15) is 0 Å². The third kappa shape index (κ3) is 5.01. The summed E-state index contributed by atoms with van der Waals surface area (Å²) in [5, 5.41) is 0. The molecule has 0 aliphatic carbocycles. The summed E-state index contributed by atoms with van der Waals surface area (Å²) in [4.78, 5) is 26.0. The molecule has 162 valence electrons. The molecule has 1 fully saturated rings. The van der Waals surface area contributed by atoms with E-state index < -0.39 is 27.3 Å². The number of piperidine rings is 1. The number of hydrogen-bond acceptors (Lipinski definition) is 5. The van der Waals surface area contributed by atoms with Crippen molar-refractivity contribution in [2.45, 2.75) is 45.7 Å². The van der Waals surface area contributed by atoms with E-state index in [4.69, 9.17) is 0 Å². The van der Waals surface area contributed by atoms with Crippen molar-refractivity contribution in [3.63, 3.8) is 0 Å². The summed E-state index contributed by atoms with van der Waals surface area (Å²) in [5.41, 5.74) is -6.32. The number of halogens is 3. The Bertz CT molecular complexity index is 884. The second kappa shape index (κ2) is 8.21. The zero-order valence-electron chi connectivity index (χ0n) is 16.3. The highest BCUT2D eigenvalue weighted by molar-refractivity contribution is 7.94. The molecule has 1 aliphatic heterocycles. The number of para-hydroxylation sites is 1. The minimum absolute atomic E-state index is 0.0847. The highest BCUT2D eigenvalue weighted by atomic mass is 32.2. The summed E-state index contributed by atoms with van der Waals surface area (Å²) < 4.78 is 68.0. The maximum Gasteiger partial charge on any atom is 0.517 e. The summed E-state index contributed by atoms with van der Waals surface area (Å²) in [6.45, 7) is 5.14. The zero-order chi connectivity index (χ0) is 22.0. The Morgan fingerprint density at radius 1 is 1.28 bits per heavy atom. The van der Waals surface area contributed by atoms with E-state index in [-0.39, 0.29) is 40.8 Å². The van der Waals surface area contributed by atoms with E-state index in [0.29, 0.717) is 13.0 Å². The zero-order valence-corrected chi connectivity index (χ0v) is 17.1. The van der Waals surface area contributed by atoms with Gasteiger partial charge in [0.2, 0.25) is 5.91 Å². The number of hydrogen-bond donors (Lipinski definition) is 0. The molecule has 0 unspecified atom stereocenters. The van der Waals surface area contributed by atoms with Crippen molar-refractivity contribution >= 4 is 27.7 Å². The second-order valence-electron chi connectivity index (χ2n) is 7.45. The molecule has 0 saturated carbocycles. The molecule has 0 aromatic heterocycles. The molecular weight excluding hydrogens is 413 g/mol. The van der Waals surface area contributed by atoms with Crippen LogP contribution >= 0.6 is 0 Å². The molecule has 0 bridgehead atoms. The SMILES string of the molecule is CCOC(=O)N(c1ccccc1CN1CCC(C)(C)CC1=O)S(=O)(=O)C(F)(F)F. The summed E-state index contributed by atoms with van der Waals surface area (Å²) in [6, 6.07) is 5.24. The van der Waals surface area contributed by atoms with Crippen LogP contribution in [0.2, 0.25) is 0 Å². The molecule has 29 heavy (non-hydrogen) atoms. The Labute approximate surface area is 167 Å². The Balaban J connectivity index is 2.47. The quantitative estimate of drug-likeness (QED) is 0.704. The van der Waals surface area contributed by atoms with E-state index in [1.165, 1.54) is 30.0 Å². The lowest BCUT2D eigenvalue weighted by molar-refractivity contribution is -0.137. The van der Waals surface area contributed by atoms with Gasteiger partial charge in [0.15, 0.2) is 0 Å². The fourth-order valence-corrected chi connectivity index (χ4v) is 3.89. The molecular formula is C18H23F3N2O5S. The topological polar surface area (TPSA) is 84.0 Å². The molecule has 2 rings (SSSR count). The van der Waals surface area contributed by atoms with Gasteiger partial charge in [-0.05, 0) is 30.4 Å². The van der Waals surface area contributed by atoms with Gasteiger partial charge in [-0.25, -0.2) is 4.79 Å². The van der Waals surface area contributed by atoms with Crippen LogP contribution in [0.25, 0.3) is 0 Å². The maximum atomic E-state index is 13.2. The van der Waals surface area contributed by atoms with Crippen LogP contribution in [-0.4, -0.2) is 44.0 Å². The second-order valence-corrected chi connectivity index (χ2v) is 9.23. The van der Waals surface area contributed by atoms with Crippen molar-refractivity contribution in [3.05, 3.63) is 29.8 Å². The van der Waals surface area contributed by atoms with Gasteiger partial charge in [0, 0.05) is 19.5 Å². The molecule has 1 saturated heterocycles. The number of sulfonamides is 1. The number of carbonyl (C=O) groups is 2. The lowest BCUT2D eigenvalue weighted by atomic mass is 9.82. The van der Waals surface area contributed by atoms with Gasteiger partial charge in [-0.15, -0.1) is 0 Å². The number of benzene rings is 1. The van der Waals surface area contributed by atoms with Crippen molar-refractivity contribution in [2.24, 2.45) is 5.41 Å². The average Bonchev–Trinajstić information content (AvgIpc) is 2.57. The molecule has 1 aromatic rings. The molecule has 1 heterocycles. The highest BCUT2D eigenvalue weighted by Crippen LogP contribution is 2.35. The lowest BCUT2D eigenvalue weighted by Gasteiger charge is -2.37. The van der Waals surface area contributed by atoms with E-state index in [1.807, 2.05) is 13.8 Å². The molecule has 2 amide bonds. The van der Waals surface area contributed by atoms with E-state index in [2.05, 4.69) is 4.74 Å². The van der Waals surface area contributed by atoms with E-state index in [1.54, 1.807) is 0 Å². The average molecular weight is 436 g/mol. The molecule has 0 atom stereocenters. The Morgan fingerprint density at radius 3 is 2.45 bits per heavy atom. The minimum Gasteiger partial charge on any atom is -0.449 e. The Morgan fingerprint density at radius 2 is 1.90 bits per heavy atom. The number of likely N-dealkylation sites (tertiary alicyclic amines) is 1. The largest absolute Gasteiger partial charge is 0.517 e. The molecule has 0 spiro atoms. The van der Waals surface area contributed by atoms with Crippen molar-refractivity contribution in [1.29, 1.82) is 0 Å². The first kappa shape index (κ1) is 23.0. The number of rotatable bonds is 5. The summed E-state index contributed by atoms with van der Waals surface area (Å²) >= 11 is 0. The summed E-state index contributed by atoms with van der Waals surface area (Å²) in [7, 11) is -6.05. The van der Waals surface area contributed by atoms with Crippen LogP contribution < -0.4 is 4.31 Å². The fraction of sp³-hybridized carbons (Fsp3) is 0.556. The van der Waals surface area contributed by atoms with Crippen molar-refractivity contribution in [3.8, 4) is 0 Å². The smallest absolute Gasteiger partial charge is 0.449 e. The highest BCUT2D eigenvalue weighted by Gasteiger charge is 2.53. The van der Waals surface area contributed by atoms with Crippen LogP contribution in [-0.2, 0) is 26.1 Å². The van der Waals surface area contributed by atoms with Gasteiger partial charge in [-0.2, -0.15) is 25.9 Å². The first-order chi connectivity index (χ1) is 13.3. The van der Waals surface area contributed by atoms with E-state index in [9.17, 15) is 31.2 Å². The van der Waals surface area contributed by atoms with Gasteiger partial charge < -0.3 is 9.64 Å². The first-order valence-corrected chi connectivity index (χ1v) is 10.4. The number of amides is 2. The number of carbonyl (C=O) groups excluding carboxylic acids is 2. The van der Waals surface area contributed by atoms with Crippen LogP contribution in [0.3, 0.4) is 0 Å². The summed E-state index contributed by atoms with van der Waals surface area (Å²) in [5.74, 6) is -0.197. The Kier molecular flexibility index (Phi) is 6.51. The van der Waals surface area contributed by atoms with Gasteiger partial charge in [-0.1, -0.05) is 32.0 Å². The van der Waals surface area contributed by atoms with Gasteiger partial charge >= 0.3 is 21.6 Å². The molecule has 1 aromatic carbocycles. The molecule has 0 radical (unpaired) electrons. The predicted octanol–water partition coefficient (Wildman–Crippen LogP) is 3.65. The normalized spacial score (nSPS) is 17.2. The fourth-order valence-electron chi connectivity index (χ4n) is 3.00. The lowest BCUT2D eigenvalue weighted by Crippen LogP contribution is -2.46.